The number of alkyl halides is 1. The van der Waals surface area contributed by atoms with E-state index >= 15 is 0 Å². The Morgan fingerprint density at radius 1 is 1.73 bits per heavy atom. The molecule has 1 rings (SSSR count). The summed E-state index contributed by atoms with van der Waals surface area (Å²) in [5.41, 5.74) is 0. The molecule has 0 aromatic rings. The molecule has 0 aliphatic heterocycles. The predicted octanol–water partition coefficient (Wildman–Crippen LogP) is 1.69. The van der Waals surface area contributed by atoms with Gasteiger partial charge in [0.15, 0.2) is 0 Å². The highest BCUT2D eigenvalue weighted by Crippen LogP contribution is 2.26. The van der Waals surface area contributed by atoms with Gasteiger partial charge in [0.1, 0.15) is 0 Å². The normalized spacial score (nSPS) is 20.5. The van der Waals surface area contributed by atoms with Crippen molar-refractivity contribution in [2.75, 3.05) is 5.33 Å². The molecule has 0 heterocycles. The topological polar surface area (TPSA) is 29.1 Å². The van der Waals surface area contributed by atoms with E-state index in [1.165, 1.54) is 6.42 Å². The van der Waals surface area contributed by atoms with Gasteiger partial charge in [0.05, 0.1) is 0 Å². The highest BCUT2D eigenvalue weighted by molar-refractivity contribution is 9.09. The Bertz CT molecular complexity index is 145. The average molecular weight is 220 g/mol. The van der Waals surface area contributed by atoms with Crippen LogP contribution in [0.25, 0.3) is 0 Å². The lowest BCUT2D eigenvalue weighted by atomic mass is 9.85. The molecule has 1 amide bonds. The van der Waals surface area contributed by atoms with Crippen molar-refractivity contribution in [1.82, 2.24) is 5.32 Å². The number of carbonyl (C=O) groups excluding carboxylic acids is 1. The monoisotopic (exact) mass is 219 g/mol. The van der Waals surface area contributed by atoms with Crippen molar-refractivity contribution >= 4 is 21.8 Å². The molecular weight excluding hydrogens is 206 g/mol. The number of hydrogen-bond donors (Lipinski definition) is 1. The van der Waals surface area contributed by atoms with Crippen LogP contribution in [0, 0.1) is 5.92 Å². The lowest BCUT2D eigenvalue weighted by Gasteiger charge is -2.25. The zero-order chi connectivity index (χ0) is 8.27. The third-order valence-corrected chi connectivity index (χ3v) is 3.07. The number of nitrogens with one attached hydrogen (secondary N) is 1. The maximum absolute atomic E-state index is 11.3. The summed E-state index contributed by atoms with van der Waals surface area (Å²) < 4.78 is 0. The maximum atomic E-state index is 11.3. The molecule has 3 heteroatoms. The van der Waals surface area contributed by atoms with E-state index in [9.17, 15) is 4.79 Å². The summed E-state index contributed by atoms with van der Waals surface area (Å²) in [4.78, 5) is 11.3. The number of halogens is 1. The van der Waals surface area contributed by atoms with Crippen molar-refractivity contribution in [3.8, 4) is 0 Å². The molecule has 1 unspecified atom stereocenters. The zero-order valence-electron chi connectivity index (χ0n) is 6.77. The highest BCUT2D eigenvalue weighted by Gasteiger charge is 2.25. The number of amides is 1. The van der Waals surface area contributed by atoms with Gasteiger partial charge in [-0.1, -0.05) is 22.4 Å². The number of rotatable bonds is 3. The molecule has 0 radical (unpaired) electrons. The van der Waals surface area contributed by atoms with E-state index in [-0.39, 0.29) is 11.9 Å². The van der Waals surface area contributed by atoms with Crippen molar-refractivity contribution in [1.29, 1.82) is 0 Å². The lowest BCUT2D eigenvalue weighted by molar-refractivity contribution is -0.127. The van der Waals surface area contributed by atoms with Crippen LogP contribution < -0.4 is 5.32 Å². The second-order valence-electron chi connectivity index (χ2n) is 3.19. The molecule has 2 nitrogen and oxygen atoms in total. The summed E-state index contributed by atoms with van der Waals surface area (Å²) in [5, 5.41) is 3.78. The molecule has 0 aromatic heterocycles. The van der Waals surface area contributed by atoms with Gasteiger partial charge in [0, 0.05) is 17.3 Å². The second kappa shape index (κ2) is 4.10. The van der Waals surface area contributed by atoms with Gasteiger partial charge in [-0.2, -0.15) is 0 Å². The van der Waals surface area contributed by atoms with Gasteiger partial charge < -0.3 is 5.32 Å². The zero-order valence-corrected chi connectivity index (χ0v) is 8.36. The summed E-state index contributed by atoms with van der Waals surface area (Å²) in [6.45, 7) is 2.01. The van der Waals surface area contributed by atoms with E-state index in [2.05, 4.69) is 21.2 Å². The first kappa shape index (κ1) is 9.04. The molecule has 1 saturated carbocycles. The standard InChI is InChI=1S/C8H14BrNO/c1-6(5-9)10-8(11)7-3-2-4-7/h6-7H,2-5H2,1H3,(H,10,11). The van der Waals surface area contributed by atoms with Crippen molar-refractivity contribution in [3.05, 3.63) is 0 Å². The Morgan fingerprint density at radius 3 is 2.73 bits per heavy atom. The molecular formula is C8H14BrNO. The minimum Gasteiger partial charge on any atom is -0.353 e. The van der Waals surface area contributed by atoms with Crippen LogP contribution in [-0.4, -0.2) is 17.3 Å². The quantitative estimate of drug-likeness (QED) is 0.720. The third kappa shape index (κ3) is 2.47. The first-order valence-corrected chi connectivity index (χ1v) is 5.22. The van der Waals surface area contributed by atoms with Crippen LogP contribution in [0.5, 0.6) is 0 Å². The summed E-state index contributed by atoms with van der Waals surface area (Å²) in [6.07, 6.45) is 3.39. The summed E-state index contributed by atoms with van der Waals surface area (Å²) in [5.74, 6) is 0.555. The fourth-order valence-corrected chi connectivity index (χ4v) is 1.23. The molecule has 1 aliphatic rings. The second-order valence-corrected chi connectivity index (χ2v) is 3.84. The van der Waals surface area contributed by atoms with E-state index in [1.807, 2.05) is 6.92 Å². The molecule has 1 aliphatic carbocycles. The van der Waals surface area contributed by atoms with Crippen molar-refractivity contribution < 1.29 is 4.79 Å². The SMILES string of the molecule is CC(CBr)NC(=O)C1CCC1. The van der Waals surface area contributed by atoms with Crippen LogP contribution in [0.4, 0.5) is 0 Å². The van der Waals surface area contributed by atoms with E-state index in [0.29, 0.717) is 5.92 Å². The van der Waals surface area contributed by atoms with Crippen molar-refractivity contribution in [3.63, 3.8) is 0 Å². The first-order valence-electron chi connectivity index (χ1n) is 4.10. The molecule has 1 atom stereocenters. The largest absolute Gasteiger partial charge is 0.353 e. The minimum absolute atomic E-state index is 0.239. The third-order valence-electron chi connectivity index (χ3n) is 2.10. The Labute approximate surface area is 75.9 Å². The summed E-state index contributed by atoms with van der Waals surface area (Å²) in [7, 11) is 0. The van der Waals surface area contributed by atoms with E-state index in [1.54, 1.807) is 0 Å². The van der Waals surface area contributed by atoms with Crippen LogP contribution >= 0.6 is 15.9 Å². The number of carbonyl (C=O) groups is 1. The van der Waals surface area contributed by atoms with Gasteiger partial charge in [0.2, 0.25) is 5.91 Å². The fourth-order valence-electron chi connectivity index (χ4n) is 1.07. The molecule has 64 valence electrons. The van der Waals surface area contributed by atoms with E-state index < -0.39 is 0 Å². The maximum Gasteiger partial charge on any atom is 0.223 e. The van der Waals surface area contributed by atoms with Crippen molar-refractivity contribution in [2.45, 2.75) is 32.2 Å². The molecule has 1 N–H and O–H groups in total. The summed E-state index contributed by atoms with van der Waals surface area (Å²) >= 11 is 3.32. The Hall–Kier alpha value is -0.0500. The van der Waals surface area contributed by atoms with E-state index in [0.717, 1.165) is 18.2 Å². The molecule has 0 saturated heterocycles. The van der Waals surface area contributed by atoms with Gasteiger partial charge in [0.25, 0.3) is 0 Å². The molecule has 0 aromatic carbocycles. The van der Waals surface area contributed by atoms with Gasteiger partial charge >= 0.3 is 0 Å². The Balaban J connectivity index is 2.19. The molecule has 0 spiro atoms. The minimum atomic E-state index is 0.239. The van der Waals surface area contributed by atoms with Crippen molar-refractivity contribution in [2.24, 2.45) is 5.92 Å². The van der Waals surface area contributed by atoms with Crippen LogP contribution in [0.1, 0.15) is 26.2 Å². The predicted molar refractivity (Wildman–Crippen MR) is 48.7 cm³/mol. The molecule has 0 bridgehead atoms. The van der Waals surface area contributed by atoms with Gasteiger partial charge in [-0.05, 0) is 19.8 Å². The Kier molecular flexibility index (Phi) is 3.37. The van der Waals surface area contributed by atoms with Crippen LogP contribution in [0.15, 0.2) is 0 Å². The molecule has 1 fully saturated rings. The number of hydrogen-bond acceptors (Lipinski definition) is 1. The Morgan fingerprint density at radius 2 is 2.36 bits per heavy atom. The van der Waals surface area contributed by atoms with Gasteiger partial charge in [-0.25, -0.2) is 0 Å². The highest BCUT2D eigenvalue weighted by atomic mass is 79.9. The molecule has 11 heavy (non-hydrogen) atoms. The van der Waals surface area contributed by atoms with Crippen LogP contribution in [0.2, 0.25) is 0 Å². The van der Waals surface area contributed by atoms with Gasteiger partial charge in [-0.15, -0.1) is 0 Å². The van der Waals surface area contributed by atoms with Gasteiger partial charge in [-0.3, -0.25) is 4.79 Å². The smallest absolute Gasteiger partial charge is 0.223 e. The summed E-state index contributed by atoms with van der Waals surface area (Å²) in [6, 6.07) is 0.267. The lowest BCUT2D eigenvalue weighted by Crippen LogP contribution is -2.40. The first-order chi connectivity index (χ1) is 5.24. The van der Waals surface area contributed by atoms with E-state index in [4.69, 9.17) is 0 Å². The van der Waals surface area contributed by atoms with Crippen LogP contribution in [-0.2, 0) is 4.79 Å². The fraction of sp³-hybridized carbons (Fsp3) is 0.875. The van der Waals surface area contributed by atoms with Crippen LogP contribution in [0.3, 0.4) is 0 Å². The average Bonchev–Trinajstić information content (AvgIpc) is 1.83.